The summed E-state index contributed by atoms with van der Waals surface area (Å²) in [6.07, 6.45) is 7.75. The van der Waals surface area contributed by atoms with E-state index in [2.05, 4.69) is 39.2 Å². The van der Waals surface area contributed by atoms with Crippen molar-refractivity contribution in [1.29, 1.82) is 0 Å². The molecule has 0 saturated carbocycles. The first kappa shape index (κ1) is 14.0. The molecular weight excluding hydrogens is 316 g/mol. The van der Waals surface area contributed by atoms with Crippen LogP contribution in [0.2, 0.25) is 0 Å². The van der Waals surface area contributed by atoms with Gasteiger partial charge in [-0.15, -0.1) is 0 Å². The van der Waals surface area contributed by atoms with E-state index in [-0.39, 0.29) is 0 Å². The summed E-state index contributed by atoms with van der Waals surface area (Å²) in [6, 6.07) is 2.12. The van der Waals surface area contributed by atoms with Gasteiger partial charge in [-0.1, -0.05) is 13.3 Å². The monoisotopic (exact) mass is 336 g/mol. The minimum atomic E-state index is 0.542. The minimum absolute atomic E-state index is 0.542. The molecule has 1 saturated heterocycles. The second kappa shape index (κ2) is 6.22. The maximum Gasteiger partial charge on any atom is 0.169 e. The van der Waals surface area contributed by atoms with Crippen LogP contribution in [-0.4, -0.2) is 27.7 Å². The van der Waals surface area contributed by atoms with Gasteiger partial charge in [0.2, 0.25) is 0 Å². The molecule has 1 atom stereocenters. The molecule has 3 rings (SSSR count). The lowest BCUT2D eigenvalue weighted by molar-refractivity contribution is 0.448. The third-order valence-corrected chi connectivity index (χ3v) is 4.85. The predicted octanol–water partition coefficient (Wildman–Crippen LogP) is 3.30. The van der Waals surface area contributed by atoms with Crippen molar-refractivity contribution in [3.63, 3.8) is 0 Å². The minimum Gasteiger partial charge on any atom is -0.316 e. The van der Waals surface area contributed by atoms with Crippen LogP contribution in [0.3, 0.4) is 0 Å². The lowest BCUT2D eigenvalue weighted by Gasteiger charge is -2.23. The smallest absolute Gasteiger partial charge is 0.169 e. The normalized spacial score (nSPS) is 19.6. The fraction of sp³-hybridized carbons (Fsp3) is 0.600. The van der Waals surface area contributed by atoms with E-state index in [1.807, 2.05) is 10.7 Å². The maximum atomic E-state index is 4.80. The van der Waals surface area contributed by atoms with Crippen LogP contribution in [0.5, 0.6) is 0 Å². The second-order valence-electron chi connectivity index (χ2n) is 5.51. The summed E-state index contributed by atoms with van der Waals surface area (Å²) in [6.45, 7) is 4.39. The van der Waals surface area contributed by atoms with Crippen molar-refractivity contribution in [3.8, 4) is 0 Å². The Hall–Kier alpha value is -0.940. The summed E-state index contributed by atoms with van der Waals surface area (Å²) in [4.78, 5) is 4.50. The number of halogens is 1. The SMILES string of the molecule is CCCCc1nn2c(C3CCCNC3)ccnc2c1Br. The summed E-state index contributed by atoms with van der Waals surface area (Å²) < 4.78 is 3.11. The number of hydrogen-bond donors (Lipinski definition) is 1. The molecule has 3 heterocycles. The Balaban J connectivity index is 2.00. The molecule has 1 aliphatic rings. The number of hydrogen-bond acceptors (Lipinski definition) is 3. The Bertz CT molecular complexity index is 587. The van der Waals surface area contributed by atoms with E-state index >= 15 is 0 Å². The summed E-state index contributed by atoms with van der Waals surface area (Å²) in [5.41, 5.74) is 3.38. The number of aromatic nitrogens is 3. The van der Waals surface area contributed by atoms with Crippen molar-refractivity contribution in [2.24, 2.45) is 0 Å². The van der Waals surface area contributed by atoms with Gasteiger partial charge >= 0.3 is 0 Å². The second-order valence-corrected chi connectivity index (χ2v) is 6.31. The molecule has 5 heteroatoms. The van der Waals surface area contributed by atoms with E-state index < -0.39 is 0 Å². The lowest BCUT2D eigenvalue weighted by Crippen LogP contribution is -2.29. The first-order valence-corrected chi connectivity index (χ1v) is 8.33. The number of piperidine rings is 1. The molecule has 2 aromatic rings. The van der Waals surface area contributed by atoms with Crippen molar-refractivity contribution in [2.75, 3.05) is 13.1 Å². The van der Waals surface area contributed by atoms with Gasteiger partial charge in [-0.3, -0.25) is 0 Å². The summed E-state index contributed by atoms with van der Waals surface area (Å²) in [5, 5.41) is 8.28. The van der Waals surface area contributed by atoms with Crippen LogP contribution in [0.25, 0.3) is 5.65 Å². The highest BCUT2D eigenvalue weighted by molar-refractivity contribution is 9.10. The molecule has 1 unspecified atom stereocenters. The number of rotatable bonds is 4. The van der Waals surface area contributed by atoms with Crippen molar-refractivity contribution in [3.05, 3.63) is 28.1 Å². The molecule has 20 heavy (non-hydrogen) atoms. The van der Waals surface area contributed by atoms with Gasteiger partial charge < -0.3 is 5.32 Å². The molecule has 0 bridgehead atoms. The summed E-state index contributed by atoms with van der Waals surface area (Å²) in [5.74, 6) is 0.542. The van der Waals surface area contributed by atoms with Gasteiger partial charge in [0, 0.05) is 18.7 Å². The highest BCUT2D eigenvalue weighted by Gasteiger charge is 2.20. The topological polar surface area (TPSA) is 42.2 Å². The van der Waals surface area contributed by atoms with E-state index in [1.54, 1.807) is 0 Å². The highest BCUT2D eigenvalue weighted by Crippen LogP contribution is 2.28. The fourth-order valence-electron chi connectivity index (χ4n) is 2.90. The molecule has 2 aromatic heterocycles. The van der Waals surface area contributed by atoms with E-state index in [0.717, 1.165) is 35.3 Å². The number of aryl methyl sites for hydroxylation is 1. The van der Waals surface area contributed by atoms with Crippen LogP contribution in [0.1, 0.15) is 49.9 Å². The van der Waals surface area contributed by atoms with Crippen LogP contribution >= 0.6 is 15.9 Å². The van der Waals surface area contributed by atoms with E-state index in [4.69, 9.17) is 5.10 Å². The molecular formula is C15H21BrN4. The van der Waals surface area contributed by atoms with Crippen molar-refractivity contribution in [1.82, 2.24) is 19.9 Å². The Morgan fingerprint density at radius 3 is 3.15 bits per heavy atom. The Labute approximate surface area is 128 Å². The number of nitrogens with one attached hydrogen (secondary N) is 1. The van der Waals surface area contributed by atoms with Crippen LogP contribution in [0, 0.1) is 0 Å². The molecule has 1 N–H and O–H groups in total. The van der Waals surface area contributed by atoms with E-state index in [1.165, 1.54) is 31.4 Å². The molecule has 108 valence electrons. The van der Waals surface area contributed by atoms with Gasteiger partial charge in [-0.05, 0) is 54.2 Å². The third-order valence-electron chi connectivity index (χ3n) is 4.04. The van der Waals surface area contributed by atoms with E-state index in [9.17, 15) is 0 Å². The summed E-state index contributed by atoms with van der Waals surface area (Å²) >= 11 is 3.68. The van der Waals surface area contributed by atoms with Gasteiger partial charge in [0.1, 0.15) is 0 Å². The van der Waals surface area contributed by atoms with Crippen molar-refractivity contribution in [2.45, 2.75) is 44.9 Å². The fourth-order valence-corrected chi connectivity index (χ4v) is 3.45. The summed E-state index contributed by atoms with van der Waals surface area (Å²) in [7, 11) is 0. The largest absolute Gasteiger partial charge is 0.316 e. The average molecular weight is 337 g/mol. The average Bonchev–Trinajstić information content (AvgIpc) is 2.83. The van der Waals surface area contributed by atoms with Crippen LogP contribution in [0.4, 0.5) is 0 Å². The molecule has 1 fully saturated rings. The maximum absolute atomic E-state index is 4.80. The van der Waals surface area contributed by atoms with Crippen LogP contribution in [0.15, 0.2) is 16.7 Å². The zero-order chi connectivity index (χ0) is 13.9. The Morgan fingerprint density at radius 1 is 1.50 bits per heavy atom. The number of fused-ring (bicyclic) bond motifs is 1. The zero-order valence-corrected chi connectivity index (χ0v) is 13.5. The number of unbranched alkanes of at least 4 members (excludes halogenated alkanes) is 1. The molecule has 0 aromatic carbocycles. The highest BCUT2D eigenvalue weighted by atomic mass is 79.9. The first-order valence-electron chi connectivity index (χ1n) is 7.54. The molecule has 4 nitrogen and oxygen atoms in total. The van der Waals surface area contributed by atoms with Gasteiger partial charge in [0.15, 0.2) is 5.65 Å². The Morgan fingerprint density at radius 2 is 2.40 bits per heavy atom. The first-order chi connectivity index (χ1) is 9.81. The zero-order valence-electron chi connectivity index (χ0n) is 11.9. The van der Waals surface area contributed by atoms with Crippen molar-refractivity contribution >= 4 is 21.6 Å². The van der Waals surface area contributed by atoms with Crippen LogP contribution < -0.4 is 5.32 Å². The van der Waals surface area contributed by atoms with Crippen molar-refractivity contribution < 1.29 is 0 Å². The Kier molecular flexibility index (Phi) is 4.36. The van der Waals surface area contributed by atoms with Crippen LogP contribution in [-0.2, 0) is 6.42 Å². The molecule has 0 radical (unpaired) electrons. The molecule has 0 amide bonds. The van der Waals surface area contributed by atoms with Gasteiger partial charge in [-0.2, -0.15) is 5.10 Å². The predicted molar refractivity (Wildman–Crippen MR) is 84.1 cm³/mol. The molecule has 0 aliphatic carbocycles. The lowest BCUT2D eigenvalue weighted by atomic mass is 9.96. The van der Waals surface area contributed by atoms with E-state index in [0.29, 0.717) is 5.92 Å². The molecule has 0 spiro atoms. The van der Waals surface area contributed by atoms with Gasteiger partial charge in [0.05, 0.1) is 15.9 Å². The van der Waals surface area contributed by atoms with Gasteiger partial charge in [-0.25, -0.2) is 9.50 Å². The standard InChI is InChI=1S/C15H21BrN4/c1-2-3-6-12-14(16)15-18-9-7-13(20(15)19-12)11-5-4-8-17-10-11/h7,9,11,17H,2-6,8,10H2,1H3. The number of nitrogens with zero attached hydrogens (tertiary/aromatic N) is 3. The van der Waals surface area contributed by atoms with Gasteiger partial charge in [0.25, 0.3) is 0 Å². The molecule has 1 aliphatic heterocycles. The quantitative estimate of drug-likeness (QED) is 0.931. The third kappa shape index (κ3) is 2.61.